The third kappa shape index (κ3) is 37.9. The molecule has 398 valence electrons. The standard InChI is InChI=1S/C59H109NO8/c1-3-5-7-9-11-13-15-17-19-21-22-23-24-25-26-27-28-29-30-31-32-33-35-37-39-41-43-45-47-49-55(63)60-52(51-67-59-58(66)57(65)56(64)54(50-61)68-59)53(62)48-46-44-42-40-38-36-34-20-18-16-14-12-10-8-6-4-2/h18,20,25-26,38,40,46,48,52-54,56-59,61-62,64-66H,3-17,19,21-24,27-37,39,41-45,47,49-51H2,1-2H3,(H,60,63)/b20-18+,26-25-,40-38+,48-46+. The van der Waals surface area contributed by atoms with Crippen molar-refractivity contribution >= 4 is 5.91 Å². The van der Waals surface area contributed by atoms with Crippen LogP contribution in [0.1, 0.15) is 264 Å². The average molecular weight is 961 g/mol. The molecule has 0 radical (unpaired) electrons. The van der Waals surface area contributed by atoms with Crippen LogP contribution >= 0.6 is 0 Å². The quantitative estimate of drug-likeness (QED) is 0.0261. The van der Waals surface area contributed by atoms with E-state index in [1.807, 2.05) is 6.08 Å². The van der Waals surface area contributed by atoms with Crippen LogP contribution in [0.3, 0.4) is 0 Å². The largest absolute Gasteiger partial charge is 0.394 e. The summed E-state index contributed by atoms with van der Waals surface area (Å²) in [5.41, 5.74) is 0. The van der Waals surface area contributed by atoms with E-state index in [2.05, 4.69) is 55.6 Å². The van der Waals surface area contributed by atoms with Crippen LogP contribution < -0.4 is 5.32 Å². The zero-order chi connectivity index (χ0) is 49.4. The van der Waals surface area contributed by atoms with Gasteiger partial charge in [0.25, 0.3) is 0 Å². The number of ether oxygens (including phenoxy) is 2. The zero-order valence-corrected chi connectivity index (χ0v) is 44.1. The van der Waals surface area contributed by atoms with E-state index >= 15 is 0 Å². The molecular weight excluding hydrogens is 851 g/mol. The van der Waals surface area contributed by atoms with Crippen LogP contribution in [0, 0.1) is 0 Å². The van der Waals surface area contributed by atoms with Gasteiger partial charge in [-0.2, -0.15) is 0 Å². The van der Waals surface area contributed by atoms with Gasteiger partial charge < -0.3 is 40.3 Å². The van der Waals surface area contributed by atoms with Crippen LogP contribution in [0.4, 0.5) is 0 Å². The van der Waals surface area contributed by atoms with Gasteiger partial charge in [-0.25, -0.2) is 0 Å². The summed E-state index contributed by atoms with van der Waals surface area (Å²) in [5, 5.41) is 54.4. The molecule has 1 amide bonds. The molecule has 1 heterocycles. The normalized spacial score (nSPS) is 19.9. The number of unbranched alkanes of at least 4 members (excludes halogenated alkanes) is 33. The second-order valence-corrected chi connectivity index (χ2v) is 20.1. The molecule has 1 fully saturated rings. The van der Waals surface area contributed by atoms with Crippen LogP contribution in [-0.2, 0) is 14.3 Å². The fraction of sp³-hybridized carbons (Fsp3) is 0.847. The summed E-state index contributed by atoms with van der Waals surface area (Å²) in [7, 11) is 0. The summed E-state index contributed by atoms with van der Waals surface area (Å²) in [6.45, 7) is 3.76. The highest BCUT2D eigenvalue weighted by Gasteiger charge is 2.44. The Labute approximate surface area is 418 Å². The molecule has 0 bridgehead atoms. The first-order valence-electron chi connectivity index (χ1n) is 28.9. The summed E-state index contributed by atoms with van der Waals surface area (Å²) in [6.07, 6.45) is 57.6. The van der Waals surface area contributed by atoms with Crippen molar-refractivity contribution in [3.63, 3.8) is 0 Å². The molecule has 7 unspecified atom stereocenters. The van der Waals surface area contributed by atoms with Gasteiger partial charge >= 0.3 is 0 Å². The highest BCUT2D eigenvalue weighted by Crippen LogP contribution is 2.23. The van der Waals surface area contributed by atoms with Crippen LogP contribution in [-0.4, -0.2) is 87.5 Å². The van der Waals surface area contributed by atoms with E-state index in [0.29, 0.717) is 6.42 Å². The number of carbonyl (C=O) groups excluding carboxylic acids is 1. The van der Waals surface area contributed by atoms with E-state index in [9.17, 15) is 30.3 Å². The molecule has 0 spiro atoms. The minimum absolute atomic E-state index is 0.190. The van der Waals surface area contributed by atoms with Crippen molar-refractivity contribution in [2.45, 2.75) is 307 Å². The Kier molecular flexibility index (Phi) is 46.0. The minimum Gasteiger partial charge on any atom is -0.394 e. The molecule has 9 nitrogen and oxygen atoms in total. The van der Waals surface area contributed by atoms with E-state index in [1.54, 1.807) is 6.08 Å². The molecular formula is C59H109NO8. The maximum Gasteiger partial charge on any atom is 0.220 e. The highest BCUT2D eigenvalue weighted by atomic mass is 16.7. The molecule has 9 heteroatoms. The molecule has 68 heavy (non-hydrogen) atoms. The van der Waals surface area contributed by atoms with E-state index in [4.69, 9.17) is 9.47 Å². The number of hydrogen-bond donors (Lipinski definition) is 6. The number of aliphatic hydroxyl groups excluding tert-OH is 5. The minimum atomic E-state index is -1.57. The third-order valence-electron chi connectivity index (χ3n) is 13.6. The molecule has 0 aromatic carbocycles. The summed E-state index contributed by atoms with van der Waals surface area (Å²) in [6, 6.07) is -0.828. The average Bonchev–Trinajstić information content (AvgIpc) is 3.34. The molecule has 1 rings (SSSR count). The molecule has 6 N–H and O–H groups in total. The lowest BCUT2D eigenvalue weighted by atomic mass is 9.99. The summed E-state index contributed by atoms with van der Waals surface area (Å²) >= 11 is 0. The van der Waals surface area contributed by atoms with Gasteiger partial charge in [0.15, 0.2) is 6.29 Å². The number of amides is 1. The van der Waals surface area contributed by atoms with Gasteiger partial charge in [-0.05, 0) is 70.6 Å². The summed E-state index contributed by atoms with van der Waals surface area (Å²) in [4.78, 5) is 13.0. The lowest BCUT2D eigenvalue weighted by Crippen LogP contribution is -2.60. The van der Waals surface area contributed by atoms with E-state index in [1.165, 1.54) is 193 Å². The maximum absolute atomic E-state index is 13.0. The van der Waals surface area contributed by atoms with Crippen LogP contribution in [0.15, 0.2) is 48.6 Å². The van der Waals surface area contributed by atoms with E-state index in [0.717, 1.165) is 51.4 Å². The van der Waals surface area contributed by atoms with E-state index < -0.39 is 49.5 Å². The summed E-state index contributed by atoms with van der Waals surface area (Å²) in [5.74, 6) is -0.190. The second-order valence-electron chi connectivity index (χ2n) is 20.1. The van der Waals surface area contributed by atoms with Crippen LogP contribution in [0.2, 0.25) is 0 Å². The third-order valence-corrected chi connectivity index (χ3v) is 13.6. The fourth-order valence-electron chi connectivity index (χ4n) is 9.01. The number of rotatable bonds is 49. The smallest absolute Gasteiger partial charge is 0.220 e. The molecule has 0 aromatic rings. The summed E-state index contributed by atoms with van der Waals surface area (Å²) < 4.78 is 11.2. The molecule has 1 aliphatic heterocycles. The number of allylic oxidation sites excluding steroid dienone is 7. The Balaban J connectivity index is 2.20. The van der Waals surface area contributed by atoms with Crippen molar-refractivity contribution in [1.82, 2.24) is 5.32 Å². The molecule has 1 aliphatic rings. The van der Waals surface area contributed by atoms with Gasteiger partial charge in [0.2, 0.25) is 5.91 Å². The maximum atomic E-state index is 13.0. The Hall–Kier alpha value is -1.85. The van der Waals surface area contributed by atoms with Crippen molar-refractivity contribution in [3.05, 3.63) is 48.6 Å². The first kappa shape index (κ1) is 64.2. The Bertz CT molecular complexity index is 1210. The predicted octanol–water partition coefficient (Wildman–Crippen LogP) is 14.1. The van der Waals surface area contributed by atoms with Gasteiger partial charge in [-0.15, -0.1) is 0 Å². The number of aliphatic hydroxyl groups is 5. The number of nitrogens with one attached hydrogen (secondary N) is 1. The number of carbonyl (C=O) groups is 1. The van der Waals surface area contributed by atoms with Gasteiger partial charge in [0.05, 0.1) is 25.4 Å². The predicted molar refractivity (Wildman–Crippen MR) is 286 cm³/mol. The Morgan fingerprint density at radius 3 is 1.24 bits per heavy atom. The zero-order valence-electron chi connectivity index (χ0n) is 44.1. The first-order chi connectivity index (χ1) is 33.3. The topological polar surface area (TPSA) is 149 Å². The van der Waals surface area contributed by atoms with Crippen molar-refractivity contribution in [1.29, 1.82) is 0 Å². The monoisotopic (exact) mass is 960 g/mol. The lowest BCUT2D eigenvalue weighted by molar-refractivity contribution is -0.302. The highest BCUT2D eigenvalue weighted by molar-refractivity contribution is 5.76. The molecule has 0 saturated carbocycles. The van der Waals surface area contributed by atoms with Crippen molar-refractivity contribution in [2.24, 2.45) is 0 Å². The number of hydrogen-bond acceptors (Lipinski definition) is 8. The van der Waals surface area contributed by atoms with Crippen molar-refractivity contribution in [2.75, 3.05) is 13.2 Å². The van der Waals surface area contributed by atoms with Gasteiger partial charge in [-0.1, -0.05) is 236 Å². The molecule has 1 saturated heterocycles. The van der Waals surface area contributed by atoms with Crippen LogP contribution in [0.5, 0.6) is 0 Å². The molecule has 7 atom stereocenters. The van der Waals surface area contributed by atoms with Crippen LogP contribution in [0.25, 0.3) is 0 Å². The molecule has 0 aliphatic carbocycles. The fourth-order valence-corrected chi connectivity index (χ4v) is 9.01. The first-order valence-corrected chi connectivity index (χ1v) is 28.9. The van der Waals surface area contributed by atoms with Gasteiger partial charge in [0, 0.05) is 6.42 Å². The van der Waals surface area contributed by atoms with E-state index in [-0.39, 0.29) is 12.5 Å². The second kappa shape index (κ2) is 48.8. The van der Waals surface area contributed by atoms with Gasteiger partial charge in [-0.3, -0.25) is 4.79 Å². The molecule has 0 aromatic heterocycles. The Morgan fingerprint density at radius 2 is 0.838 bits per heavy atom. The SMILES string of the molecule is CCCCCCCC/C=C/CC/C=C/CC/C=C/C(O)C(COC1OC(CO)C(O)C(O)C1O)NC(=O)CCCCCCCCCCCCCCC/C=C\CCCCCCCCCCCCCC. The lowest BCUT2D eigenvalue weighted by Gasteiger charge is -2.40. The van der Waals surface area contributed by atoms with Crippen molar-refractivity contribution in [3.8, 4) is 0 Å². The Morgan fingerprint density at radius 1 is 0.485 bits per heavy atom. The van der Waals surface area contributed by atoms with Crippen molar-refractivity contribution < 1.29 is 39.8 Å². The van der Waals surface area contributed by atoms with Gasteiger partial charge in [0.1, 0.15) is 24.4 Å².